The summed E-state index contributed by atoms with van der Waals surface area (Å²) in [6, 6.07) is 12.6. The second kappa shape index (κ2) is 7.58. The lowest BCUT2D eigenvalue weighted by atomic mass is 9.88. The SMILES string of the molecule is CC(C)CN1C[C@H](C(=O)Nc2cc(F)cc(C#N)c2)c2ccccc2C1=O. The van der Waals surface area contributed by atoms with Gasteiger partial charge in [-0.25, -0.2) is 4.39 Å². The molecular weight excluding hydrogens is 345 g/mol. The Hall–Kier alpha value is -3.20. The molecule has 0 radical (unpaired) electrons. The molecule has 0 aromatic heterocycles. The number of hydrogen-bond acceptors (Lipinski definition) is 3. The molecule has 5 nitrogen and oxygen atoms in total. The minimum Gasteiger partial charge on any atom is -0.337 e. The lowest BCUT2D eigenvalue weighted by Gasteiger charge is -2.34. The Labute approximate surface area is 157 Å². The minimum absolute atomic E-state index is 0.0825. The van der Waals surface area contributed by atoms with Crippen LogP contribution in [0.2, 0.25) is 0 Å². The molecule has 0 unspecified atom stereocenters. The van der Waals surface area contributed by atoms with Gasteiger partial charge in [-0.05, 0) is 35.7 Å². The molecular formula is C21H20FN3O2. The number of rotatable bonds is 4. The van der Waals surface area contributed by atoms with Crippen LogP contribution in [0.1, 0.15) is 41.3 Å². The number of carbonyl (C=O) groups excluding carboxylic acids is 2. The first-order valence-corrected chi connectivity index (χ1v) is 8.78. The zero-order valence-electron chi connectivity index (χ0n) is 15.2. The second-order valence-electron chi connectivity index (χ2n) is 7.07. The molecule has 3 rings (SSSR count). The van der Waals surface area contributed by atoms with Crippen LogP contribution in [-0.2, 0) is 4.79 Å². The van der Waals surface area contributed by atoms with Crippen molar-refractivity contribution in [2.75, 3.05) is 18.4 Å². The Morgan fingerprint density at radius 3 is 2.78 bits per heavy atom. The van der Waals surface area contributed by atoms with Crippen LogP contribution in [0.3, 0.4) is 0 Å². The van der Waals surface area contributed by atoms with Crippen LogP contribution in [0.25, 0.3) is 0 Å². The van der Waals surface area contributed by atoms with Gasteiger partial charge in [0.05, 0.1) is 17.6 Å². The molecule has 0 aliphatic carbocycles. The van der Waals surface area contributed by atoms with E-state index in [9.17, 15) is 14.0 Å². The summed E-state index contributed by atoms with van der Waals surface area (Å²) >= 11 is 0. The fraction of sp³-hybridized carbons (Fsp3) is 0.286. The topological polar surface area (TPSA) is 73.2 Å². The molecule has 0 spiro atoms. The van der Waals surface area contributed by atoms with E-state index in [1.807, 2.05) is 19.9 Å². The monoisotopic (exact) mass is 365 g/mol. The predicted molar refractivity (Wildman–Crippen MR) is 99.7 cm³/mol. The highest BCUT2D eigenvalue weighted by Gasteiger charge is 2.35. The first-order chi connectivity index (χ1) is 12.9. The molecule has 2 amide bonds. The number of fused-ring (bicyclic) bond motifs is 1. The molecule has 1 aliphatic rings. The molecule has 0 saturated carbocycles. The average molecular weight is 365 g/mol. The number of amides is 2. The van der Waals surface area contributed by atoms with E-state index in [1.165, 1.54) is 12.1 Å². The summed E-state index contributed by atoms with van der Waals surface area (Å²) in [5, 5.41) is 11.7. The molecule has 1 atom stereocenters. The number of nitrogens with one attached hydrogen (secondary N) is 1. The van der Waals surface area contributed by atoms with Crippen molar-refractivity contribution in [1.82, 2.24) is 4.90 Å². The van der Waals surface area contributed by atoms with Crippen LogP contribution in [-0.4, -0.2) is 29.8 Å². The number of benzene rings is 2. The Balaban J connectivity index is 1.91. The lowest BCUT2D eigenvalue weighted by molar-refractivity contribution is -0.118. The maximum atomic E-state index is 13.6. The number of nitriles is 1. The molecule has 138 valence electrons. The number of hydrogen-bond donors (Lipinski definition) is 1. The standard InChI is InChI=1S/C21H20FN3O2/c1-13(2)11-25-12-19(17-5-3-4-6-18(17)21(25)27)20(26)24-16-8-14(10-23)7-15(22)9-16/h3-9,13,19H,11-12H2,1-2H3,(H,24,26)/t19-/m0/s1. The van der Waals surface area contributed by atoms with E-state index in [-0.39, 0.29) is 35.5 Å². The van der Waals surface area contributed by atoms with Crippen molar-refractivity contribution in [1.29, 1.82) is 5.26 Å². The van der Waals surface area contributed by atoms with Gasteiger partial charge in [0.25, 0.3) is 5.91 Å². The third-order valence-corrected chi connectivity index (χ3v) is 4.45. The number of nitrogens with zero attached hydrogens (tertiary/aromatic N) is 2. The second-order valence-corrected chi connectivity index (χ2v) is 7.07. The highest BCUT2D eigenvalue weighted by Crippen LogP contribution is 2.30. The summed E-state index contributed by atoms with van der Waals surface area (Å²) in [5.41, 5.74) is 1.53. The van der Waals surface area contributed by atoms with Gasteiger partial charge >= 0.3 is 0 Å². The molecule has 1 N–H and O–H groups in total. The maximum Gasteiger partial charge on any atom is 0.254 e. The van der Waals surface area contributed by atoms with Crippen molar-refractivity contribution in [2.45, 2.75) is 19.8 Å². The molecule has 27 heavy (non-hydrogen) atoms. The van der Waals surface area contributed by atoms with Crippen molar-refractivity contribution < 1.29 is 14.0 Å². The Bertz CT molecular complexity index is 933. The molecule has 2 aromatic rings. The third kappa shape index (κ3) is 3.98. The van der Waals surface area contributed by atoms with Gasteiger partial charge in [-0.1, -0.05) is 32.0 Å². The van der Waals surface area contributed by atoms with E-state index in [0.29, 0.717) is 17.7 Å². The van der Waals surface area contributed by atoms with Crippen molar-refractivity contribution >= 4 is 17.5 Å². The number of halogens is 1. The van der Waals surface area contributed by atoms with Crippen molar-refractivity contribution in [2.24, 2.45) is 5.92 Å². The van der Waals surface area contributed by atoms with E-state index < -0.39 is 11.7 Å². The third-order valence-electron chi connectivity index (χ3n) is 4.45. The Morgan fingerprint density at radius 2 is 2.07 bits per heavy atom. The molecule has 0 fully saturated rings. The first-order valence-electron chi connectivity index (χ1n) is 8.78. The number of carbonyl (C=O) groups is 2. The minimum atomic E-state index is -0.593. The van der Waals surface area contributed by atoms with Crippen LogP contribution >= 0.6 is 0 Å². The molecule has 1 aliphatic heterocycles. The van der Waals surface area contributed by atoms with Gasteiger partial charge in [0.15, 0.2) is 0 Å². The molecule has 1 heterocycles. The smallest absolute Gasteiger partial charge is 0.254 e. The first kappa shape index (κ1) is 18.6. The van der Waals surface area contributed by atoms with E-state index in [0.717, 1.165) is 6.07 Å². The fourth-order valence-electron chi connectivity index (χ4n) is 3.35. The summed E-state index contributed by atoms with van der Waals surface area (Å²) in [7, 11) is 0. The average Bonchev–Trinajstić information content (AvgIpc) is 2.63. The zero-order chi connectivity index (χ0) is 19.6. The summed E-state index contributed by atoms with van der Waals surface area (Å²) in [6.45, 7) is 4.84. The van der Waals surface area contributed by atoms with Crippen LogP contribution in [0.4, 0.5) is 10.1 Å². The van der Waals surface area contributed by atoms with Crippen LogP contribution < -0.4 is 5.32 Å². The molecule has 0 bridgehead atoms. The van der Waals surface area contributed by atoms with Gasteiger partial charge in [0, 0.05) is 24.3 Å². The van der Waals surface area contributed by atoms with E-state index in [4.69, 9.17) is 5.26 Å². The van der Waals surface area contributed by atoms with Crippen molar-refractivity contribution in [3.8, 4) is 6.07 Å². The largest absolute Gasteiger partial charge is 0.337 e. The molecule has 0 saturated heterocycles. The van der Waals surface area contributed by atoms with Gasteiger partial charge in [0.2, 0.25) is 5.91 Å². The summed E-state index contributed by atoms with van der Waals surface area (Å²) < 4.78 is 13.6. The predicted octanol–water partition coefficient (Wildman–Crippen LogP) is 3.53. The van der Waals surface area contributed by atoms with E-state index in [2.05, 4.69) is 5.32 Å². The summed E-state index contributed by atoms with van der Waals surface area (Å²) in [4.78, 5) is 27.3. The normalized spacial score (nSPS) is 16.0. The van der Waals surface area contributed by atoms with Crippen molar-refractivity contribution in [3.63, 3.8) is 0 Å². The van der Waals surface area contributed by atoms with Gasteiger partial charge in [-0.3, -0.25) is 9.59 Å². The Morgan fingerprint density at radius 1 is 1.33 bits per heavy atom. The zero-order valence-corrected chi connectivity index (χ0v) is 15.2. The Kier molecular flexibility index (Phi) is 5.22. The highest BCUT2D eigenvalue weighted by atomic mass is 19.1. The maximum absolute atomic E-state index is 13.6. The van der Waals surface area contributed by atoms with Crippen LogP contribution in [0.5, 0.6) is 0 Å². The molecule has 2 aromatic carbocycles. The summed E-state index contributed by atoms with van der Waals surface area (Å²) in [5.74, 6) is -1.31. The van der Waals surface area contributed by atoms with E-state index >= 15 is 0 Å². The highest BCUT2D eigenvalue weighted by molar-refractivity contribution is 6.03. The van der Waals surface area contributed by atoms with Gasteiger partial charge in [0.1, 0.15) is 5.82 Å². The van der Waals surface area contributed by atoms with E-state index in [1.54, 1.807) is 29.2 Å². The summed E-state index contributed by atoms with van der Waals surface area (Å²) in [6.07, 6.45) is 0. The van der Waals surface area contributed by atoms with Crippen LogP contribution in [0, 0.1) is 23.1 Å². The van der Waals surface area contributed by atoms with Crippen molar-refractivity contribution in [3.05, 3.63) is 65.0 Å². The lowest BCUT2D eigenvalue weighted by Crippen LogP contribution is -2.45. The quantitative estimate of drug-likeness (QED) is 0.901. The number of anilines is 1. The van der Waals surface area contributed by atoms with Gasteiger partial charge < -0.3 is 10.2 Å². The van der Waals surface area contributed by atoms with Crippen LogP contribution in [0.15, 0.2) is 42.5 Å². The fourth-order valence-corrected chi connectivity index (χ4v) is 3.35. The van der Waals surface area contributed by atoms with Gasteiger partial charge in [-0.2, -0.15) is 5.26 Å². The molecule has 6 heteroatoms. The van der Waals surface area contributed by atoms with Gasteiger partial charge in [-0.15, -0.1) is 0 Å².